The molecule has 3 aromatic rings. The molecule has 0 saturated carbocycles. The summed E-state index contributed by atoms with van der Waals surface area (Å²) >= 11 is 0. The minimum absolute atomic E-state index is 0.0449. The van der Waals surface area contributed by atoms with Crippen LogP contribution in [0.2, 0.25) is 0 Å². The number of ketones is 1. The van der Waals surface area contributed by atoms with E-state index in [-0.39, 0.29) is 17.1 Å². The molecule has 5 heteroatoms. The van der Waals surface area contributed by atoms with Crippen LogP contribution in [-0.2, 0) is 10.0 Å². The van der Waals surface area contributed by atoms with E-state index in [0.717, 1.165) is 16.7 Å². The summed E-state index contributed by atoms with van der Waals surface area (Å²) in [6, 6.07) is 20.9. The molecule has 1 aliphatic rings. The Bertz CT molecular complexity index is 1130. The van der Waals surface area contributed by atoms with Gasteiger partial charge in [-0.15, -0.1) is 0 Å². The van der Waals surface area contributed by atoms with Crippen molar-refractivity contribution in [2.45, 2.75) is 31.2 Å². The summed E-state index contributed by atoms with van der Waals surface area (Å²) in [7, 11) is -3.84. The van der Waals surface area contributed by atoms with Crippen LogP contribution in [0.3, 0.4) is 0 Å². The van der Waals surface area contributed by atoms with Crippen molar-refractivity contribution in [2.75, 3.05) is 4.31 Å². The number of para-hydroxylation sites is 1. The number of carbonyl (C=O) groups is 1. The summed E-state index contributed by atoms with van der Waals surface area (Å²) in [5, 5.41) is 0. The Morgan fingerprint density at radius 2 is 1.39 bits per heavy atom. The number of benzene rings is 3. The van der Waals surface area contributed by atoms with Crippen LogP contribution in [0.1, 0.15) is 39.5 Å². The van der Waals surface area contributed by atoms with Crippen LogP contribution >= 0.6 is 0 Å². The molecule has 142 valence electrons. The molecule has 0 spiro atoms. The summed E-state index contributed by atoms with van der Waals surface area (Å²) in [5.41, 5.74) is 3.76. The molecule has 1 heterocycles. The Kier molecular flexibility index (Phi) is 4.55. The minimum atomic E-state index is -3.84. The van der Waals surface area contributed by atoms with Gasteiger partial charge in [-0.25, -0.2) is 8.42 Å². The summed E-state index contributed by atoms with van der Waals surface area (Å²) in [6.07, 6.45) is 0.116. The fraction of sp³-hybridized carbons (Fsp3) is 0.174. The maximum absolute atomic E-state index is 13.6. The number of hydrogen-bond acceptors (Lipinski definition) is 3. The molecule has 0 saturated heterocycles. The third kappa shape index (κ3) is 3.12. The first-order valence-electron chi connectivity index (χ1n) is 9.18. The van der Waals surface area contributed by atoms with Gasteiger partial charge in [0.15, 0.2) is 5.78 Å². The van der Waals surface area contributed by atoms with Gasteiger partial charge in [0.05, 0.1) is 16.6 Å². The summed E-state index contributed by atoms with van der Waals surface area (Å²) in [4.78, 5) is 13.0. The first-order valence-corrected chi connectivity index (χ1v) is 10.6. The van der Waals surface area contributed by atoms with E-state index in [1.807, 2.05) is 38.1 Å². The van der Waals surface area contributed by atoms with Crippen LogP contribution in [0.25, 0.3) is 0 Å². The lowest BCUT2D eigenvalue weighted by Gasteiger charge is -2.37. The maximum atomic E-state index is 13.6. The second-order valence-electron chi connectivity index (χ2n) is 7.18. The Morgan fingerprint density at radius 3 is 2.04 bits per heavy atom. The van der Waals surface area contributed by atoms with Crippen LogP contribution in [-0.4, -0.2) is 14.2 Å². The number of aryl methyl sites for hydroxylation is 2. The molecule has 28 heavy (non-hydrogen) atoms. The van der Waals surface area contributed by atoms with Crippen molar-refractivity contribution in [2.24, 2.45) is 0 Å². The lowest BCUT2D eigenvalue weighted by Crippen LogP contribution is -2.40. The standard InChI is InChI=1S/C23H21NO3S/c1-16-7-11-18(12-8-16)22-15-23(25)20-5-3-4-6-21(20)24(22)28(26,27)19-13-9-17(2)10-14-19/h3-14,22H,15H2,1-2H3. The van der Waals surface area contributed by atoms with Crippen molar-refractivity contribution in [1.29, 1.82) is 0 Å². The van der Waals surface area contributed by atoms with Crippen molar-refractivity contribution in [3.63, 3.8) is 0 Å². The van der Waals surface area contributed by atoms with Gasteiger partial charge in [-0.3, -0.25) is 9.10 Å². The Labute approximate surface area is 165 Å². The van der Waals surface area contributed by atoms with E-state index in [2.05, 4.69) is 0 Å². The van der Waals surface area contributed by atoms with E-state index in [1.54, 1.807) is 48.5 Å². The first kappa shape index (κ1) is 18.4. The van der Waals surface area contributed by atoms with Gasteiger partial charge in [0.1, 0.15) is 0 Å². The molecule has 0 radical (unpaired) electrons. The Hall–Kier alpha value is -2.92. The zero-order valence-electron chi connectivity index (χ0n) is 15.8. The fourth-order valence-electron chi connectivity index (χ4n) is 3.60. The monoisotopic (exact) mass is 391 g/mol. The van der Waals surface area contributed by atoms with Crippen LogP contribution in [0, 0.1) is 13.8 Å². The molecule has 3 aromatic carbocycles. The van der Waals surface area contributed by atoms with Gasteiger partial charge in [-0.1, -0.05) is 59.7 Å². The number of sulfonamides is 1. The summed E-state index contributed by atoms with van der Waals surface area (Å²) in [5.74, 6) is -0.0449. The van der Waals surface area contributed by atoms with Crippen LogP contribution in [0.5, 0.6) is 0 Å². The van der Waals surface area contributed by atoms with Crippen molar-refractivity contribution < 1.29 is 13.2 Å². The molecule has 1 aliphatic heterocycles. The second-order valence-corrected chi connectivity index (χ2v) is 9.00. The molecule has 0 aliphatic carbocycles. The van der Waals surface area contributed by atoms with Crippen molar-refractivity contribution in [1.82, 2.24) is 0 Å². The molecule has 1 atom stereocenters. The van der Waals surface area contributed by atoms with Gasteiger partial charge < -0.3 is 0 Å². The lowest BCUT2D eigenvalue weighted by molar-refractivity contribution is 0.0969. The quantitative estimate of drug-likeness (QED) is 0.643. The number of rotatable bonds is 3. The lowest BCUT2D eigenvalue weighted by atomic mass is 9.92. The van der Waals surface area contributed by atoms with E-state index in [0.29, 0.717) is 11.3 Å². The highest BCUT2D eigenvalue weighted by Crippen LogP contribution is 2.42. The van der Waals surface area contributed by atoms with E-state index in [9.17, 15) is 13.2 Å². The van der Waals surface area contributed by atoms with Crippen LogP contribution in [0.15, 0.2) is 77.7 Å². The minimum Gasteiger partial charge on any atom is -0.294 e. The molecule has 4 nitrogen and oxygen atoms in total. The highest BCUT2D eigenvalue weighted by atomic mass is 32.2. The van der Waals surface area contributed by atoms with Crippen LogP contribution in [0.4, 0.5) is 5.69 Å². The first-order chi connectivity index (χ1) is 13.4. The second kappa shape index (κ2) is 6.91. The molecule has 0 N–H and O–H groups in total. The summed E-state index contributed by atoms with van der Waals surface area (Å²) in [6.45, 7) is 3.90. The van der Waals surface area contributed by atoms with E-state index in [1.165, 1.54) is 4.31 Å². The van der Waals surface area contributed by atoms with Gasteiger partial charge >= 0.3 is 0 Å². The van der Waals surface area contributed by atoms with E-state index >= 15 is 0 Å². The molecule has 0 fully saturated rings. The van der Waals surface area contributed by atoms with Crippen molar-refractivity contribution in [3.8, 4) is 0 Å². The Morgan fingerprint density at radius 1 is 0.821 bits per heavy atom. The molecular weight excluding hydrogens is 370 g/mol. The molecule has 4 rings (SSSR count). The smallest absolute Gasteiger partial charge is 0.264 e. The summed E-state index contributed by atoms with van der Waals surface area (Å²) < 4.78 is 28.7. The zero-order chi connectivity index (χ0) is 19.9. The van der Waals surface area contributed by atoms with Gasteiger partial charge in [-0.05, 0) is 43.7 Å². The van der Waals surface area contributed by atoms with Gasteiger partial charge in [0.25, 0.3) is 10.0 Å². The number of carbonyl (C=O) groups excluding carboxylic acids is 1. The zero-order valence-corrected chi connectivity index (χ0v) is 16.6. The third-order valence-electron chi connectivity index (χ3n) is 5.14. The number of nitrogens with zero attached hydrogens (tertiary/aromatic N) is 1. The normalized spacial score (nSPS) is 16.7. The predicted octanol–water partition coefficient (Wildman–Crippen LogP) is 4.83. The molecule has 0 bridgehead atoms. The van der Waals surface area contributed by atoms with Gasteiger partial charge in [0, 0.05) is 12.0 Å². The highest BCUT2D eigenvalue weighted by Gasteiger charge is 2.39. The number of Topliss-reactive ketones (excluding diaryl/α,β-unsaturated/α-hetero) is 1. The third-order valence-corrected chi connectivity index (χ3v) is 6.98. The molecule has 1 unspecified atom stereocenters. The van der Waals surface area contributed by atoms with E-state index < -0.39 is 16.1 Å². The Balaban J connectivity index is 1.92. The number of hydrogen-bond donors (Lipinski definition) is 0. The SMILES string of the molecule is Cc1ccc(C2CC(=O)c3ccccc3N2S(=O)(=O)c2ccc(C)cc2)cc1. The van der Waals surface area contributed by atoms with Gasteiger partial charge in [-0.2, -0.15) is 0 Å². The van der Waals surface area contributed by atoms with Crippen molar-refractivity contribution >= 4 is 21.5 Å². The topological polar surface area (TPSA) is 54.5 Å². The van der Waals surface area contributed by atoms with Crippen molar-refractivity contribution in [3.05, 3.63) is 95.1 Å². The van der Waals surface area contributed by atoms with Crippen LogP contribution < -0.4 is 4.31 Å². The number of anilines is 1. The molecule has 0 amide bonds. The fourth-order valence-corrected chi connectivity index (χ4v) is 5.26. The predicted molar refractivity (Wildman–Crippen MR) is 110 cm³/mol. The highest BCUT2D eigenvalue weighted by molar-refractivity contribution is 7.92. The molecule has 0 aromatic heterocycles. The maximum Gasteiger partial charge on any atom is 0.264 e. The van der Waals surface area contributed by atoms with Gasteiger partial charge in [0.2, 0.25) is 0 Å². The largest absolute Gasteiger partial charge is 0.294 e. The average molecular weight is 391 g/mol. The molecular formula is C23H21NO3S. The average Bonchev–Trinajstić information content (AvgIpc) is 2.68. The number of fused-ring (bicyclic) bond motifs is 1. The van der Waals surface area contributed by atoms with E-state index in [4.69, 9.17) is 0 Å².